The molecule has 0 fully saturated rings. The van der Waals surface area contributed by atoms with E-state index < -0.39 is 0 Å². The summed E-state index contributed by atoms with van der Waals surface area (Å²) in [5.74, 6) is 1.55. The Bertz CT molecular complexity index is 993. The Balaban J connectivity index is 1.43. The third kappa shape index (κ3) is 4.16. The van der Waals surface area contributed by atoms with Crippen LogP contribution in [0, 0.1) is 11.3 Å². The molecule has 158 valence electrons. The van der Waals surface area contributed by atoms with Gasteiger partial charge in [-0.25, -0.2) is 0 Å². The van der Waals surface area contributed by atoms with E-state index in [-0.39, 0.29) is 5.91 Å². The van der Waals surface area contributed by atoms with Crippen LogP contribution in [0.1, 0.15) is 47.4 Å². The fourth-order valence-corrected chi connectivity index (χ4v) is 5.66. The second-order valence-electron chi connectivity index (χ2n) is 7.76. The summed E-state index contributed by atoms with van der Waals surface area (Å²) >= 11 is 1.57. The van der Waals surface area contributed by atoms with Crippen LogP contribution in [0.25, 0.3) is 0 Å². The summed E-state index contributed by atoms with van der Waals surface area (Å²) in [6.45, 7) is 7.20. The molecule has 2 N–H and O–H groups in total. The highest BCUT2D eigenvalue weighted by molar-refractivity contribution is 7.16. The Morgan fingerprint density at radius 2 is 1.90 bits per heavy atom. The first-order valence-corrected chi connectivity index (χ1v) is 11.5. The van der Waals surface area contributed by atoms with E-state index in [1.54, 1.807) is 11.3 Å². The molecule has 0 saturated heterocycles. The summed E-state index contributed by atoms with van der Waals surface area (Å²) < 4.78 is 11.5. The van der Waals surface area contributed by atoms with Crippen molar-refractivity contribution in [3.8, 4) is 17.6 Å². The minimum absolute atomic E-state index is 0.0270. The molecule has 2 aromatic rings. The topological polar surface area (TPSA) is 75.8 Å². The van der Waals surface area contributed by atoms with Crippen molar-refractivity contribution in [3.63, 3.8) is 0 Å². The van der Waals surface area contributed by atoms with Crippen LogP contribution in [0.2, 0.25) is 0 Å². The lowest BCUT2D eigenvalue weighted by Gasteiger charge is -2.26. The number of nitriles is 1. The molecule has 0 spiro atoms. The molecular formula is C23H28N3O3S+. The number of nitrogens with one attached hydrogen (secondary N) is 2. The van der Waals surface area contributed by atoms with E-state index in [2.05, 4.69) is 23.5 Å². The van der Waals surface area contributed by atoms with Crippen molar-refractivity contribution in [2.24, 2.45) is 0 Å². The zero-order valence-corrected chi connectivity index (χ0v) is 18.4. The fraction of sp³-hybridized carbons (Fsp3) is 0.478. The van der Waals surface area contributed by atoms with E-state index >= 15 is 0 Å². The molecule has 1 atom stereocenters. The monoisotopic (exact) mass is 426 g/mol. The van der Waals surface area contributed by atoms with Gasteiger partial charge in [0.2, 0.25) is 0 Å². The lowest BCUT2D eigenvalue weighted by atomic mass is 9.98. The van der Waals surface area contributed by atoms with E-state index in [1.165, 1.54) is 20.9 Å². The number of hydrogen-bond acceptors (Lipinski definition) is 5. The number of rotatable bonds is 7. The van der Waals surface area contributed by atoms with Gasteiger partial charge in [-0.2, -0.15) is 5.26 Å². The summed E-state index contributed by atoms with van der Waals surface area (Å²) in [5, 5.41) is 13.3. The lowest BCUT2D eigenvalue weighted by Crippen LogP contribution is -3.12. The second kappa shape index (κ2) is 9.07. The number of fused-ring (bicyclic) bond motifs is 2. The zero-order chi connectivity index (χ0) is 21.1. The molecule has 6 nitrogen and oxygen atoms in total. The van der Waals surface area contributed by atoms with Crippen molar-refractivity contribution in [1.29, 1.82) is 5.26 Å². The molecule has 4 rings (SSSR count). The first kappa shape index (κ1) is 20.7. The van der Waals surface area contributed by atoms with Gasteiger partial charge >= 0.3 is 0 Å². The maximum absolute atomic E-state index is 12.7. The number of nitrogens with zero attached hydrogens (tertiary/aromatic N) is 1. The van der Waals surface area contributed by atoms with Gasteiger partial charge in [0.1, 0.15) is 17.6 Å². The number of amides is 1. The molecule has 7 heteroatoms. The average molecular weight is 427 g/mol. The molecule has 0 radical (unpaired) electrons. The van der Waals surface area contributed by atoms with Gasteiger partial charge in [-0.1, -0.05) is 0 Å². The summed E-state index contributed by atoms with van der Waals surface area (Å²) in [7, 11) is 0. The summed E-state index contributed by atoms with van der Waals surface area (Å²) in [6.07, 6.45) is 3.98. The molecule has 2 heterocycles. The van der Waals surface area contributed by atoms with Gasteiger partial charge in [-0.15, -0.1) is 11.3 Å². The van der Waals surface area contributed by atoms with Crippen LogP contribution in [0.15, 0.2) is 12.1 Å². The highest BCUT2D eigenvalue weighted by atomic mass is 32.1. The van der Waals surface area contributed by atoms with Crippen molar-refractivity contribution in [3.05, 3.63) is 39.3 Å². The largest absolute Gasteiger partial charge is 0.490 e. The molecule has 0 saturated carbocycles. The molecule has 0 bridgehead atoms. The molecule has 1 aliphatic carbocycles. The van der Waals surface area contributed by atoms with Gasteiger partial charge in [0.05, 0.1) is 25.3 Å². The Labute approximate surface area is 181 Å². The number of ether oxygens (including phenoxy) is 2. The number of hydrogen-bond donors (Lipinski definition) is 2. The van der Waals surface area contributed by atoms with Crippen molar-refractivity contribution in [1.82, 2.24) is 0 Å². The molecule has 1 unspecified atom stereocenters. The number of thiophene rings is 1. The van der Waals surface area contributed by atoms with E-state index in [4.69, 9.17) is 9.47 Å². The van der Waals surface area contributed by atoms with Crippen molar-refractivity contribution in [2.45, 2.75) is 46.1 Å². The molecular weight excluding hydrogens is 398 g/mol. The van der Waals surface area contributed by atoms with Gasteiger partial charge in [-0.05, 0) is 56.4 Å². The van der Waals surface area contributed by atoms with Gasteiger partial charge in [0.25, 0.3) is 5.91 Å². The maximum atomic E-state index is 12.7. The van der Waals surface area contributed by atoms with Crippen LogP contribution < -0.4 is 19.7 Å². The molecule has 30 heavy (non-hydrogen) atoms. The third-order valence-corrected chi connectivity index (χ3v) is 6.96. The molecule has 1 aromatic heterocycles. The number of aryl methyl sites for hydroxylation is 1. The molecule has 1 aliphatic heterocycles. The van der Waals surface area contributed by atoms with E-state index in [0.29, 0.717) is 25.3 Å². The second-order valence-corrected chi connectivity index (χ2v) is 8.86. The Kier molecular flexibility index (Phi) is 6.26. The number of carbonyl (C=O) groups is 1. The number of benzene rings is 1. The van der Waals surface area contributed by atoms with E-state index in [1.807, 2.05) is 13.8 Å². The average Bonchev–Trinajstić information content (AvgIpc) is 3.29. The zero-order valence-electron chi connectivity index (χ0n) is 17.6. The standard InChI is InChI=1S/C23H27N3O3S/c1-3-28-19-10-15-8-9-26(13-16(15)11-20(19)29-4-2)14-22(27)25-23-18(12-24)17-6-5-7-21(17)30-23/h10-11H,3-9,13-14H2,1-2H3,(H,25,27)/p+1. The number of anilines is 1. The SMILES string of the molecule is CCOc1cc2c(cc1OCC)C[NH+](CC(=O)Nc1sc3c(c1C#N)CCC3)CC2. The predicted molar refractivity (Wildman–Crippen MR) is 117 cm³/mol. The number of quaternary nitrogens is 1. The summed E-state index contributed by atoms with van der Waals surface area (Å²) in [4.78, 5) is 15.2. The number of carbonyl (C=O) groups excluding carboxylic acids is 1. The van der Waals surface area contributed by atoms with Crippen LogP contribution in [-0.2, 0) is 30.6 Å². The first-order chi connectivity index (χ1) is 14.6. The van der Waals surface area contributed by atoms with Crippen LogP contribution in [0.4, 0.5) is 5.00 Å². The Hall–Kier alpha value is -2.56. The molecule has 2 aliphatic rings. The van der Waals surface area contributed by atoms with Gasteiger partial charge < -0.3 is 19.7 Å². The van der Waals surface area contributed by atoms with Gasteiger partial charge in [-0.3, -0.25) is 4.79 Å². The Morgan fingerprint density at radius 3 is 2.60 bits per heavy atom. The quantitative estimate of drug-likeness (QED) is 0.713. The lowest BCUT2D eigenvalue weighted by molar-refractivity contribution is -0.907. The van der Waals surface area contributed by atoms with Crippen LogP contribution in [-0.4, -0.2) is 32.2 Å². The third-order valence-electron chi connectivity index (χ3n) is 5.75. The smallest absolute Gasteiger partial charge is 0.280 e. The van der Waals surface area contributed by atoms with Crippen molar-refractivity contribution in [2.75, 3.05) is 31.6 Å². The van der Waals surface area contributed by atoms with Crippen molar-refractivity contribution >= 4 is 22.2 Å². The fourth-order valence-electron chi connectivity index (χ4n) is 4.41. The van der Waals surface area contributed by atoms with Crippen LogP contribution >= 0.6 is 11.3 Å². The predicted octanol–water partition coefficient (Wildman–Crippen LogP) is 2.49. The minimum atomic E-state index is -0.0270. The van der Waals surface area contributed by atoms with E-state index in [9.17, 15) is 10.1 Å². The normalized spacial score (nSPS) is 17.0. The van der Waals surface area contributed by atoms with Crippen molar-refractivity contribution < 1.29 is 19.2 Å². The molecule has 1 aromatic carbocycles. The highest BCUT2D eigenvalue weighted by Gasteiger charge is 2.26. The highest BCUT2D eigenvalue weighted by Crippen LogP contribution is 2.38. The van der Waals surface area contributed by atoms with E-state index in [0.717, 1.165) is 60.8 Å². The first-order valence-electron chi connectivity index (χ1n) is 10.7. The van der Waals surface area contributed by atoms with Crippen LogP contribution in [0.5, 0.6) is 11.5 Å². The minimum Gasteiger partial charge on any atom is -0.490 e. The summed E-state index contributed by atoms with van der Waals surface area (Å²) in [5.41, 5.74) is 4.30. The van der Waals surface area contributed by atoms with Gasteiger partial charge in [0, 0.05) is 16.9 Å². The van der Waals surface area contributed by atoms with Gasteiger partial charge in [0.15, 0.2) is 18.0 Å². The Morgan fingerprint density at radius 1 is 1.17 bits per heavy atom. The summed E-state index contributed by atoms with van der Waals surface area (Å²) in [6, 6.07) is 6.45. The van der Waals surface area contributed by atoms with Crippen LogP contribution in [0.3, 0.4) is 0 Å². The molecule has 1 amide bonds. The maximum Gasteiger partial charge on any atom is 0.280 e.